The molecular formula is C13H19FN2O. The Labute approximate surface area is 101 Å². The molecule has 1 saturated heterocycles. The van der Waals surface area contributed by atoms with E-state index in [9.17, 15) is 4.39 Å². The fourth-order valence-corrected chi connectivity index (χ4v) is 2.27. The van der Waals surface area contributed by atoms with Crippen LogP contribution in [0.2, 0.25) is 0 Å². The number of anilines is 1. The van der Waals surface area contributed by atoms with Crippen LogP contribution in [-0.4, -0.2) is 31.6 Å². The van der Waals surface area contributed by atoms with Crippen molar-refractivity contribution in [3.05, 3.63) is 24.0 Å². The van der Waals surface area contributed by atoms with Gasteiger partial charge in [0.2, 0.25) is 0 Å². The van der Waals surface area contributed by atoms with Gasteiger partial charge >= 0.3 is 0 Å². The smallest absolute Gasteiger partial charge is 0.142 e. The first-order valence-corrected chi connectivity index (χ1v) is 6.01. The number of nitrogens with two attached hydrogens (primary N) is 1. The molecule has 1 aromatic carbocycles. The summed E-state index contributed by atoms with van der Waals surface area (Å²) in [6, 6.07) is 4.26. The molecule has 0 aliphatic carbocycles. The molecule has 0 radical (unpaired) electrons. The maximum Gasteiger partial charge on any atom is 0.142 e. The third kappa shape index (κ3) is 3.33. The molecule has 1 heterocycles. The first-order chi connectivity index (χ1) is 8.15. The van der Waals surface area contributed by atoms with Gasteiger partial charge in [-0.2, -0.15) is 0 Å². The predicted octanol–water partition coefficient (Wildman–Crippen LogP) is 2.13. The first-order valence-electron chi connectivity index (χ1n) is 6.01. The van der Waals surface area contributed by atoms with Gasteiger partial charge in [-0.05, 0) is 38.6 Å². The molecule has 3 nitrogen and oxygen atoms in total. The monoisotopic (exact) mass is 238 g/mol. The standard InChI is InChI=1S/C13H19FN2O/c1-16-6-2-3-10(8-16)9-17-13-5-4-11(14)7-12(13)15/h4-5,7,10H,2-3,6,8-9,15H2,1H3. The number of nitrogen functional groups attached to an aromatic ring is 1. The third-order valence-corrected chi connectivity index (χ3v) is 3.17. The molecule has 0 bridgehead atoms. The fraction of sp³-hybridized carbons (Fsp3) is 0.538. The lowest BCUT2D eigenvalue weighted by atomic mass is 10.00. The highest BCUT2D eigenvalue weighted by molar-refractivity contribution is 5.52. The van der Waals surface area contributed by atoms with Gasteiger partial charge in [0.1, 0.15) is 11.6 Å². The van der Waals surface area contributed by atoms with Crippen LogP contribution in [0.3, 0.4) is 0 Å². The molecule has 0 saturated carbocycles. The van der Waals surface area contributed by atoms with E-state index < -0.39 is 0 Å². The minimum absolute atomic E-state index is 0.327. The van der Waals surface area contributed by atoms with Crippen LogP contribution in [-0.2, 0) is 0 Å². The predicted molar refractivity (Wildman–Crippen MR) is 66.5 cm³/mol. The highest BCUT2D eigenvalue weighted by atomic mass is 19.1. The summed E-state index contributed by atoms with van der Waals surface area (Å²) in [5.74, 6) is 0.796. The fourth-order valence-electron chi connectivity index (χ4n) is 2.27. The van der Waals surface area contributed by atoms with Gasteiger partial charge in [0.15, 0.2) is 0 Å². The number of ether oxygens (including phenoxy) is 1. The Morgan fingerprint density at radius 2 is 2.35 bits per heavy atom. The summed E-state index contributed by atoms with van der Waals surface area (Å²) in [5.41, 5.74) is 6.06. The van der Waals surface area contributed by atoms with Crippen LogP contribution in [0.1, 0.15) is 12.8 Å². The van der Waals surface area contributed by atoms with Crippen LogP contribution in [0.4, 0.5) is 10.1 Å². The van der Waals surface area contributed by atoms with Crippen LogP contribution < -0.4 is 10.5 Å². The van der Waals surface area contributed by atoms with Gasteiger partial charge in [-0.15, -0.1) is 0 Å². The molecule has 17 heavy (non-hydrogen) atoms. The normalized spacial score (nSPS) is 21.4. The Balaban J connectivity index is 1.88. The summed E-state index contributed by atoms with van der Waals surface area (Å²) in [7, 11) is 2.12. The van der Waals surface area contributed by atoms with Gasteiger partial charge in [-0.25, -0.2) is 4.39 Å². The summed E-state index contributed by atoms with van der Waals surface area (Å²) < 4.78 is 18.5. The zero-order valence-electron chi connectivity index (χ0n) is 10.2. The van der Waals surface area contributed by atoms with Crippen LogP contribution >= 0.6 is 0 Å². The average Bonchev–Trinajstić information content (AvgIpc) is 2.28. The zero-order valence-corrected chi connectivity index (χ0v) is 10.2. The number of benzene rings is 1. The van der Waals surface area contributed by atoms with E-state index in [1.807, 2.05) is 0 Å². The van der Waals surface area contributed by atoms with Gasteiger partial charge < -0.3 is 15.4 Å². The largest absolute Gasteiger partial charge is 0.491 e. The van der Waals surface area contributed by atoms with E-state index in [1.165, 1.54) is 25.0 Å². The van der Waals surface area contributed by atoms with E-state index in [1.54, 1.807) is 6.07 Å². The first kappa shape index (κ1) is 12.2. The number of likely N-dealkylation sites (tertiary alicyclic amines) is 1. The SMILES string of the molecule is CN1CCCC(COc2ccc(F)cc2N)C1. The Morgan fingerprint density at radius 1 is 1.53 bits per heavy atom. The van der Waals surface area contributed by atoms with Crippen molar-refractivity contribution < 1.29 is 9.13 Å². The second-order valence-corrected chi connectivity index (χ2v) is 4.76. The van der Waals surface area contributed by atoms with Crippen molar-refractivity contribution in [1.82, 2.24) is 4.90 Å². The van der Waals surface area contributed by atoms with Gasteiger partial charge in [0.05, 0.1) is 12.3 Å². The Morgan fingerprint density at radius 3 is 3.06 bits per heavy atom. The molecule has 0 amide bonds. The van der Waals surface area contributed by atoms with Crippen molar-refractivity contribution >= 4 is 5.69 Å². The molecule has 0 spiro atoms. The summed E-state index contributed by atoms with van der Waals surface area (Å²) >= 11 is 0. The highest BCUT2D eigenvalue weighted by Crippen LogP contribution is 2.24. The number of hydrogen-bond donors (Lipinski definition) is 1. The number of rotatable bonds is 3. The average molecular weight is 238 g/mol. The molecule has 1 unspecified atom stereocenters. The van der Waals surface area contributed by atoms with Crippen molar-refractivity contribution in [3.8, 4) is 5.75 Å². The highest BCUT2D eigenvalue weighted by Gasteiger charge is 2.18. The van der Waals surface area contributed by atoms with Gasteiger partial charge in [0.25, 0.3) is 0 Å². The molecule has 1 aliphatic heterocycles. The maximum atomic E-state index is 12.9. The van der Waals surface area contributed by atoms with Crippen LogP contribution in [0, 0.1) is 11.7 Å². The van der Waals surface area contributed by atoms with E-state index >= 15 is 0 Å². The molecule has 4 heteroatoms. The quantitative estimate of drug-likeness (QED) is 0.820. The molecule has 2 rings (SSSR count). The van der Waals surface area contributed by atoms with Gasteiger partial charge in [-0.1, -0.05) is 0 Å². The lowest BCUT2D eigenvalue weighted by Gasteiger charge is -2.29. The zero-order chi connectivity index (χ0) is 12.3. The minimum Gasteiger partial charge on any atom is -0.491 e. The van der Waals surface area contributed by atoms with E-state index in [-0.39, 0.29) is 5.82 Å². The topological polar surface area (TPSA) is 38.5 Å². The third-order valence-electron chi connectivity index (χ3n) is 3.17. The van der Waals surface area contributed by atoms with Crippen molar-refractivity contribution in [2.75, 3.05) is 32.5 Å². The number of piperidine rings is 1. The van der Waals surface area contributed by atoms with Crippen molar-refractivity contribution in [3.63, 3.8) is 0 Å². The minimum atomic E-state index is -0.327. The second-order valence-electron chi connectivity index (χ2n) is 4.76. The van der Waals surface area contributed by atoms with Crippen LogP contribution in [0.5, 0.6) is 5.75 Å². The molecule has 1 atom stereocenters. The lowest BCUT2D eigenvalue weighted by molar-refractivity contribution is 0.151. The number of nitrogens with zero attached hydrogens (tertiary/aromatic N) is 1. The van der Waals surface area contributed by atoms with Gasteiger partial charge in [0, 0.05) is 18.5 Å². The molecule has 0 aromatic heterocycles. The molecule has 1 fully saturated rings. The van der Waals surface area contributed by atoms with E-state index in [4.69, 9.17) is 10.5 Å². The number of halogens is 1. The Hall–Kier alpha value is -1.29. The van der Waals surface area contributed by atoms with Crippen molar-refractivity contribution in [2.24, 2.45) is 5.92 Å². The molecule has 1 aromatic rings. The summed E-state index contributed by atoms with van der Waals surface area (Å²) in [5, 5.41) is 0. The molecular weight excluding hydrogens is 219 g/mol. The maximum absolute atomic E-state index is 12.9. The second kappa shape index (κ2) is 5.36. The lowest BCUT2D eigenvalue weighted by Crippen LogP contribution is -2.34. The van der Waals surface area contributed by atoms with Crippen molar-refractivity contribution in [2.45, 2.75) is 12.8 Å². The van der Waals surface area contributed by atoms with Crippen LogP contribution in [0.15, 0.2) is 18.2 Å². The van der Waals surface area contributed by atoms with E-state index in [2.05, 4.69) is 11.9 Å². The van der Waals surface area contributed by atoms with Gasteiger partial charge in [-0.3, -0.25) is 0 Å². The Kier molecular flexibility index (Phi) is 3.84. The summed E-state index contributed by atoms with van der Waals surface area (Å²) in [6.45, 7) is 2.87. The summed E-state index contributed by atoms with van der Waals surface area (Å²) in [6.07, 6.45) is 2.40. The molecule has 2 N–H and O–H groups in total. The van der Waals surface area contributed by atoms with E-state index in [0.717, 1.165) is 13.1 Å². The Bertz CT molecular complexity index is 384. The van der Waals surface area contributed by atoms with Crippen molar-refractivity contribution in [1.29, 1.82) is 0 Å². The number of hydrogen-bond acceptors (Lipinski definition) is 3. The molecule has 94 valence electrons. The van der Waals surface area contributed by atoms with E-state index in [0.29, 0.717) is 24.0 Å². The van der Waals surface area contributed by atoms with Crippen LogP contribution in [0.25, 0.3) is 0 Å². The molecule has 1 aliphatic rings. The summed E-state index contributed by atoms with van der Waals surface area (Å²) in [4.78, 5) is 2.31.